The van der Waals surface area contributed by atoms with E-state index in [-0.39, 0.29) is 28.3 Å². The van der Waals surface area contributed by atoms with Crippen molar-refractivity contribution in [2.75, 3.05) is 12.0 Å². The van der Waals surface area contributed by atoms with Gasteiger partial charge in [0.1, 0.15) is 5.75 Å². The molecule has 0 bridgehead atoms. The van der Waals surface area contributed by atoms with E-state index < -0.39 is 16.7 Å². The summed E-state index contributed by atoms with van der Waals surface area (Å²) < 4.78 is 11.0. The normalized spacial score (nSPS) is 12.7. The minimum atomic E-state index is -0.614. The Morgan fingerprint density at radius 2 is 1.45 bits per heavy atom. The Hall–Kier alpha value is -4.20. The van der Waals surface area contributed by atoms with Crippen LogP contribution in [0.1, 0.15) is 20.7 Å². The van der Waals surface area contributed by atoms with Gasteiger partial charge in [0.05, 0.1) is 34.9 Å². The minimum absolute atomic E-state index is 0.0512. The number of hydrogen-bond acceptors (Lipinski definition) is 6. The van der Waals surface area contributed by atoms with E-state index in [1.165, 1.54) is 19.2 Å². The summed E-state index contributed by atoms with van der Waals surface area (Å²) in [6, 6.07) is 17.0. The fourth-order valence-corrected chi connectivity index (χ4v) is 3.12. The average Bonchev–Trinajstić information content (AvgIpc) is 2.99. The molecule has 0 spiro atoms. The topological polar surface area (TPSA) is 99.0 Å². The summed E-state index contributed by atoms with van der Waals surface area (Å²) in [5, 5.41) is 11.4. The third-order valence-corrected chi connectivity index (χ3v) is 4.44. The first-order valence-corrected chi connectivity index (χ1v) is 8.58. The number of carbonyl (C=O) groups excluding carboxylic acids is 2. The van der Waals surface area contributed by atoms with Crippen LogP contribution < -0.4 is 14.4 Å². The highest BCUT2D eigenvalue weighted by Gasteiger charge is 2.37. The summed E-state index contributed by atoms with van der Waals surface area (Å²) in [7, 11) is 1.47. The Balaban J connectivity index is 1.78. The van der Waals surface area contributed by atoms with Crippen LogP contribution in [0.2, 0.25) is 0 Å². The lowest BCUT2D eigenvalue weighted by molar-refractivity contribution is -0.384. The molecule has 3 aromatic rings. The van der Waals surface area contributed by atoms with E-state index in [0.717, 1.165) is 11.0 Å². The Morgan fingerprint density at radius 1 is 0.862 bits per heavy atom. The quantitative estimate of drug-likeness (QED) is 0.368. The number of nitro groups is 1. The molecule has 0 atom stereocenters. The fraction of sp³-hybridized carbons (Fsp3) is 0.0476. The van der Waals surface area contributed by atoms with Gasteiger partial charge in [0, 0.05) is 12.1 Å². The first kappa shape index (κ1) is 18.2. The zero-order chi connectivity index (χ0) is 20.5. The van der Waals surface area contributed by atoms with Gasteiger partial charge in [-0.1, -0.05) is 24.3 Å². The lowest BCUT2D eigenvalue weighted by Crippen LogP contribution is -2.29. The molecule has 0 aliphatic carbocycles. The maximum atomic E-state index is 12.7. The zero-order valence-electron chi connectivity index (χ0n) is 15.2. The van der Waals surface area contributed by atoms with Crippen molar-refractivity contribution in [3.63, 3.8) is 0 Å². The van der Waals surface area contributed by atoms with Crippen molar-refractivity contribution in [3.05, 3.63) is 88.0 Å². The third kappa shape index (κ3) is 3.16. The SMILES string of the molecule is COc1ccccc1Oc1cc(N2C(=O)c3ccccc3C2=O)cc([N+](=O)[O-])c1. The van der Waals surface area contributed by atoms with Gasteiger partial charge in [0.2, 0.25) is 0 Å². The molecular weight excluding hydrogens is 376 g/mol. The molecule has 0 saturated carbocycles. The summed E-state index contributed by atoms with van der Waals surface area (Å²) in [5.74, 6) is -0.232. The minimum Gasteiger partial charge on any atom is -0.493 e. The standard InChI is InChI=1S/C21H14N2O6/c1-28-18-8-4-5-9-19(18)29-15-11-13(10-14(12-15)23(26)27)22-20(24)16-6-2-3-7-17(16)21(22)25/h2-12H,1H3. The summed E-state index contributed by atoms with van der Waals surface area (Å²) in [6.45, 7) is 0. The van der Waals surface area contributed by atoms with Crippen molar-refractivity contribution in [2.24, 2.45) is 0 Å². The van der Waals surface area contributed by atoms with Crippen molar-refractivity contribution >= 4 is 23.2 Å². The van der Waals surface area contributed by atoms with Gasteiger partial charge in [-0.2, -0.15) is 0 Å². The molecule has 1 heterocycles. The summed E-state index contributed by atoms with van der Waals surface area (Å²) >= 11 is 0. The molecule has 0 saturated heterocycles. The first-order chi connectivity index (χ1) is 14.0. The number of ether oxygens (including phenoxy) is 2. The van der Waals surface area contributed by atoms with Crippen LogP contribution in [0.3, 0.4) is 0 Å². The summed E-state index contributed by atoms with van der Waals surface area (Å²) in [5.41, 5.74) is 0.228. The number of hydrogen-bond donors (Lipinski definition) is 0. The smallest absolute Gasteiger partial charge is 0.275 e. The molecule has 144 valence electrons. The van der Waals surface area contributed by atoms with E-state index in [1.54, 1.807) is 48.5 Å². The predicted molar refractivity (Wildman–Crippen MR) is 104 cm³/mol. The Labute approximate surface area is 165 Å². The van der Waals surface area contributed by atoms with Gasteiger partial charge in [-0.3, -0.25) is 19.7 Å². The molecule has 1 aliphatic heterocycles. The number of amides is 2. The number of carbonyl (C=O) groups is 2. The average molecular weight is 390 g/mol. The highest BCUT2D eigenvalue weighted by atomic mass is 16.6. The van der Waals surface area contributed by atoms with Crippen molar-refractivity contribution in [2.45, 2.75) is 0 Å². The lowest BCUT2D eigenvalue weighted by atomic mass is 10.1. The molecule has 0 fully saturated rings. The van der Waals surface area contributed by atoms with Crippen LogP contribution in [0.5, 0.6) is 17.2 Å². The van der Waals surface area contributed by atoms with Crippen LogP contribution in [-0.4, -0.2) is 23.8 Å². The van der Waals surface area contributed by atoms with E-state index in [9.17, 15) is 19.7 Å². The number of rotatable bonds is 5. The number of imide groups is 1. The van der Waals surface area contributed by atoms with Gasteiger partial charge in [-0.15, -0.1) is 0 Å². The highest BCUT2D eigenvalue weighted by molar-refractivity contribution is 6.34. The van der Waals surface area contributed by atoms with Gasteiger partial charge in [0.15, 0.2) is 11.5 Å². The van der Waals surface area contributed by atoms with Gasteiger partial charge in [-0.25, -0.2) is 4.90 Å². The molecular formula is C21H14N2O6. The molecule has 2 amide bonds. The van der Waals surface area contributed by atoms with Crippen LogP contribution in [0.15, 0.2) is 66.7 Å². The highest BCUT2D eigenvalue weighted by Crippen LogP contribution is 2.37. The van der Waals surface area contributed by atoms with Crippen LogP contribution in [0.25, 0.3) is 0 Å². The van der Waals surface area contributed by atoms with Crippen molar-refractivity contribution in [1.82, 2.24) is 0 Å². The van der Waals surface area contributed by atoms with Crippen molar-refractivity contribution in [1.29, 1.82) is 0 Å². The monoisotopic (exact) mass is 390 g/mol. The molecule has 0 unspecified atom stereocenters. The van der Waals surface area contributed by atoms with E-state index >= 15 is 0 Å². The molecule has 1 aliphatic rings. The Morgan fingerprint density at radius 3 is 2.03 bits per heavy atom. The third-order valence-electron chi connectivity index (χ3n) is 4.44. The number of para-hydroxylation sites is 2. The van der Waals surface area contributed by atoms with Gasteiger partial charge in [-0.05, 0) is 24.3 Å². The van der Waals surface area contributed by atoms with E-state index in [1.807, 2.05) is 0 Å². The molecule has 8 heteroatoms. The molecule has 0 radical (unpaired) electrons. The number of nitrogens with zero attached hydrogens (tertiary/aromatic N) is 2. The number of benzene rings is 3. The number of nitro benzene ring substituents is 1. The largest absolute Gasteiger partial charge is 0.493 e. The second-order valence-electron chi connectivity index (χ2n) is 6.19. The van der Waals surface area contributed by atoms with Crippen molar-refractivity contribution < 1.29 is 24.0 Å². The molecule has 3 aromatic carbocycles. The first-order valence-electron chi connectivity index (χ1n) is 8.58. The lowest BCUT2D eigenvalue weighted by Gasteiger charge is -2.16. The number of anilines is 1. The predicted octanol–water partition coefficient (Wildman–Crippen LogP) is 4.20. The maximum Gasteiger partial charge on any atom is 0.275 e. The van der Waals surface area contributed by atoms with Crippen LogP contribution >= 0.6 is 0 Å². The molecule has 4 rings (SSSR count). The maximum absolute atomic E-state index is 12.7. The van der Waals surface area contributed by atoms with Crippen LogP contribution in [0.4, 0.5) is 11.4 Å². The number of non-ortho nitro benzene ring substituents is 1. The number of methoxy groups -OCH3 is 1. The fourth-order valence-electron chi connectivity index (χ4n) is 3.12. The zero-order valence-corrected chi connectivity index (χ0v) is 15.2. The Bertz CT molecular complexity index is 1120. The van der Waals surface area contributed by atoms with E-state index in [4.69, 9.17) is 9.47 Å². The van der Waals surface area contributed by atoms with Crippen LogP contribution in [0, 0.1) is 10.1 Å². The second-order valence-corrected chi connectivity index (χ2v) is 6.19. The van der Waals surface area contributed by atoms with Gasteiger partial charge >= 0.3 is 0 Å². The molecule has 29 heavy (non-hydrogen) atoms. The Kier molecular flexibility index (Phi) is 4.44. The summed E-state index contributed by atoms with van der Waals surface area (Å²) in [4.78, 5) is 37.2. The van der Waals surface area contributed by atoms with Gasteiger partial charge < -0.3 is 9.47 Å². The molecule has 0 N–H and O–H groups in total. The van der Waals surface area contributed by atoms with E-state index in [2.05, 4.69) is 0 Å². The van der Waals surface area contributed by atoms with Crippen LogP contribution in [-0.2, 0) is 0 Å². The summed E-state index contributed by atoms with van der Waals surface area (Å²) in [6.07, 6.45) is 0. The van der Waals surface area contributed by atoms with Gasteiger partial charge in [0.25, 0.3) is 17.5 Å². The second kappa shape index (κ2) is 7.08. The molecule has 0 aromatic heterocycles. The van der Waals surface area contributed by atoms with Crippen molar-refractivity contribution in [3.8, 4) is 17.2 Å². The van der Waals surface area contributed by atoms with E-state index in [0.29, 0.717) is 11.5 Å². The number of fused-ring (bicyclic) bond motifs is 1. The molecule has 8 nitrogen and oxygen atoms in total.